The number of nitrogens with zero attached hydrogens (tertiary/aromatic N) is 8. The average molecular weight is 437 g/mol. The van der Waals surface area contributed by atoms with Crippen LogP contribution in [0.25, 0.3) is 33.6 Å². The summed E-state index contributed by atoms with van der Waals surface area (Å²) in [7, 11) is 5.87. The second-order valence-electron chi connectivity index (χ2n) is 8.59. The third kappa shape index (κ3) is 3.44. The van der Waals surface area contributed by atoms with Crippen molar-refractivity contribution < 1.29 is 0 Å². The molecule has 0 unspecified atom stereocenters. The molecule has 1 aliphatic rings. The highest BCUT2D eigenvalue weighted by Crippen LogP contribution is 2.39. The van der Waals surface area contributed by atoms with Gasteiger partial charge in [-0.25, -0.2) is 9.97 Å². The van der Waals surface area contributed by atoms with Crippen LogP contribution in [0.3, 0.4) is 0 Å². The van der Waals surface area contributed by atoms with Crippen molar-refractivity contribution in [3.63, 3.8) is 0 Å². The van der Waals surface area contributed by atoms with E-state index in [2.05, 4.69) is 39.4 Å². The van der Waals surface area contributed by atoms with Crippen LogP contribution >= 0.6 is 0 Å². The maximum atomic E-state index is 5.00. The zero-order valence-electron chi connectivity index (χ0n) is 18.9. The number of benzene rings is 1. The Labute approximate surface area is 191 Å². The van der Waals surface area contributed by atoms with Gasteiger partial charge in [0.2, 0.25) is 0 Å². The van der Waals surface area contributed by atoms with Gasteiger partial charge in [0.25, 0.3) is 0 Å². The molecule has 1 aliphatic carbocycles. The predicted molar refractivity (Wildman–Crippen MR) is 125 cm³/mol. The molecule has 0 N–H and O–H groups in total. The van der Waals surface area contributed by atoms with Crippen molar-refractivity contribution in [3.05, 3.63) is 77.9 Å². The van der Waals surface area contributed by atoms with E-state index in [4.69, 9.17) is 10.1 Å². The van der Waals surface area contributed by atoms with Crippen molar-refractivity contribution in [3.8, 4) is 33.6 Å². The second kappa shape index (κ2) is 7.51. The van der Waals surface area contributed by atoms with Gasteiger partial charge in [0, 0.05) is 56.4 Å². The predicted octanol–water partition coefficient (Wildman–Crippen LogP) is 3.37. The summed E-state index contributed by atoms with van der Waals surface area (Å²) in [6.07, 6.45) is 10.2. The van der Waals surface area contributed by atoms with Crippen LogP contribution in [-0.4, -0.2) is 39.3 Å². The van der Waals surface area contributed by atoms with Gasteiger partial charge in [-0.2, -0.15) is 15.3 Å². The van der Waals surface area contributed by atoms with Crippen LogP contribution in [0.1, 0.15) is 22.8 Å². The summed E-state index contributed by atoms with van der Waals surface area (Å²) in [5.41, 5.74) is 9.81. The van der Waals surface area contributed by atoms with E-state index in [9.17, 15) is 0 Å². The number of aromatic nitrogens is 8. The van der Waals surface area contributed by atoms with Gasteiger partial charge in [-0.3, -0.25) is 14.0 Å². The molecule has 1 aromatic carbocycles. The summed E-state index contributed by atoms with van der Waals surface area (Å²) in [6, 6.07) is 10.6. The fraction of sp³-hybridized carbons (Fsp3) is 0.240. The second-order valence-corrected chi connectivity index (χ2v) is 8.59. The van der Waals surface area contributed by atoms with Crippen LogP contribution in [0.2, 0.25) is 0 Å². The summed E-state index contributed by atoms with van der Waals surface area (Å²) < 4.78 is 5.61. The lowest BCUT2D eigenvalue weighted by Gasteiger charge is -2.16. The number of rotatable bonds is 4. The molecule has 8 nitrogen and oxygen atoms in total. The Hall–Kier alpha value is -4.07. The maximum Gasteiger partial charge on any atom is 0.134 e. The summed E-state index contributed by atoms with van der Waals surface area (Å²) in [4.78, 5) is 9.63. The molecule has 8 heteroatoms. The Morgan fingerprint density at radius 2 is 1.67 bits per heavy atom. The van der Waals surface area contributed by atoms with Gasteiger partial charge in [-0.05, 0) is 30.0 Å². The van der Waals surface area contributed by atoms with Gasteiger partial charge in [0.15, 0.2) is 0 Å². The molecular weight excluding hydrogens is 412 g/mol. The highest BCUT2D eigenvalue weighted by molar-refractivity contribution is 5.84. The normalized spacial score (nSPS) is 12.6. The van der Waals surface area contributed by atoms with Crippen LogP contribution in [0.5, 0.6) is 0 Å². The van der Waals surface area contributed by atoms with Crippen molar-refractivity contribution in [1.29, 1.82) is 0 Å². The molecule has 0 spiro atoms. The van der Waals surface area contributed by atoms with Crippen molar-refractivity contribution >= 4 is 0 Å². The van der Waals surface area contributed by atoms with E-state index in [1.54, 1.807) is 4.68 Å². The first-order valence-electron chi connectivity index (χ1n) is 11.0. The average Bonchev–Trinajstić information content (AvgIpc) is 3.52. The first kappa shape index (κ1) is 19.6. The molecule has 0 atom stereocenters. The molecule has 0 bridgehead atoms. The van der Waals surface area contributed by atoms with Gasteiger partial charge < -0.3 is 0 Å². The lowest BCUT2D eigenvalue weighted by molar-refractivity contribution is 0.738. The molecule has 0 amide bonds. The van der Waals surface area contributed by atoms with Crippen LogP contribution in [0, 0.1) is 0 Å². The fourth-order valence-electron chi connectivity index (χ4n) is 4.63. The summed E-state index contributed by atoms with van der Waals surface area (Å²) >= 11 is 0. The topological polar surface area (TPSA) is 79.2 Å². The first-order valence-corrected chi connectivity index (χ1v) is 11.0. The minimum Gasteiger partial charge on any atom is -0.276 e. The van der Waals surface area contributed by atoms with Gasteiger partial charge >= 0.3 is 0 Å². The Balaban J connectivity index is 1.41. The van der Waals surface area contributed by atoms with E-state index >= 15 is 0 Å². The Morgan fingerprint density at radius 3 is 2.39 bits per heavy atom. The maximum absolute atomic E-state index is 5.00. The minimum absolute atomic E-state index is 0.610. The van der Waals surface area contributed by atoms with Crippen molar-refractivity contribution in [2.75, 3.05) is 0 Å². The monoisotopic (exact) mass is 436 g/mol. The van der Waals surface area contributed by atoms with Gasteiger partial charge in [-0.1, -0.05) is 24.3 Å². The van der Waals surface area contributed by atoms with Crippen LogP contribution in [0.15, 0.2) is 55.1 Å². The molecule has 33 heavy (non-hydrogen) atoms. The van der Waals surface area contributed by atoms with Crippen LogP contribution in [-0.2, 0) is 40.4 Å². The molecule has 6 rings (SSSR count). The molecule has 0 saturated carbocycles. The Morgan fingerprint density at radius 1 is 0.848 bits per heavy atom. The van der Waals surface area contributed by atoms with E-state index in [0.717, 1.165) is 63.7 Å². The zero-order valence-corrected chi connectivity index (χ0v) is 18.9. The summed E-state index contributed by atoms with van der Waals surface area (Å²) in [6.45, 7) is 0. The summed E-state index contributed by atoms with van der Waals surface area (Å²) in [5, 5.41) is 13.6. The molecule has 4 aromatic heterocycles. The largest absolute Gasteiger partial charge is 0.276 e. The Bertz CT molecular complexity index is 1470. The molecule has 4 heterocycles. The summed E-state index contributed by atoms with van der Waals surface area (Å²) in [5.74, 6) is 0.780. The van der Waals surface area contributed by atoms with Crippen molar-refractivity contribution in [2.24, 2.45) is 21.1 Å². The van der Waals surface area contributed by atoms with Gasteiger partial charge in [-0.15, -0.1) is 0 Å². The molecule has 0 fully saturated rings. The van der Waals surface area contributed by atoms with E-state index in [1.165, 1.54) is 5.56 Å². The lowest BCUT2D eigenvalue weighted by Crippen LogP contribution is -2.09. The molecule has 5 aromatic rings. The molecule has 0 radical (unpaired) electrons. The highest BCUT2D eigenvalue weighted by atomic mass is 15.3. The number of hydrogen-bond donors (Lipinski definition) is 0. The number of aryl methyl sites for hydroxylation is 5. The van der Waals surface area contributed by atoms with E-state index in [0.29, 0.717) is 6.42 Å². The van der Waals surface area contributed by atoms with E-state index in [1.807, 2.05) is 61.4 Å². The number of fused-ring (bicyclic) bond motifs is 3. The SMILES string of the molecule is Cn1cc(-c2ccc(-c3c4c(nn3C)CCc3cnc(Cc5ccn(C)n5)nc3-4)cc2)cn1. The first-order chi connectivity index (χ1) is 16.0. The Kier molecular flexibility index (Phi) is 4.46. The van der Waals surface area contributed by atoms with E-state index in [-0.39, 0.29) is 0 Å². The van der Waals surface area contributed by atoms with Crippen LogP contribution < -0.4 is 0 Å². The van der Waals surface area contributed by atoms with Crippen molar-refractivity contribution in [1.82, 2.24) is 39.3 Å². The molecular formula is C25H24N8. The smallest absolute Gasteiger partial charge is 0.134 e. The minimum atomic E-state index is 0.610. The molecule has 164 valence electrons. The van der Waals surface area contributed by atoms with Crippen LogP contribution in [0.4, 0.5) is 0 Å². The molecule has 0 saturated heterocycles. The highest BCUT2D eigenvalue weighted by Gasteiger charge is 2.27. The third-order valence-electron chi connectivity index (χ3n) is 6.21. The lowest BCUT2D eigenvalue weighted by atomic mass is 9.91. The van der Waals surface area contributed by atoms with Gasteiger partial charge in [0.1, 0.15) is 5.82 Å². The quantitative estimate of drug-likeness (QED) is 0.432. The van der Waals surface area contributed by atoms with Gasteiger partial charge in [0.05, 0.1) is 35.4 Å². The van der Waals surface area contributed by atoms with Crippen molar-refractivity contribution in [2.45, 2.75) is 19.3 Å². The fourth-order valence-corrected chi connectivity index (χ4v) is 4.63. The standard InChI is InChI=1S/C25H24N8/c1-31-11-10-20(29-31)12-22-26-13-18-8-9-21-23(24(18)28-22)25(33(3)30-21)17-6-4-16(5-7-17)19-14-27-32(2)15-19/h4-7,10-11,13-15H,8-9,12H2,1-3H3. The van der Waals surface area contributed by atoms with E-state index < -0.39 is 0 Å². The zero-order chi connectivity index (χ0) is 22.5. The number of hydrogen-bond acceptors (Lipinski definition) is 5. The molecule has 0 aliphatic heterocycles. The third-order valence-corrected chi connectivity index (χ3v) is 6.21.